The number of amides is 2. The maximum absolute atomic E-state index is 11.9. The molecule has 4 N–H and O–H groups in total. The van der Waals surface area contributed by atoms with Crippen molar-refractivity contribution in [1.29, 1.82) is 0 Å². The van der Waals surface area contributed by atoms with Gasteiger partial charge in [-0.05, 0) is 49.4 Å². The predicted molar refractivity (Wildman–Crippen MR) is 121 cm³/mol. The lowest BCUT2D eigenvalue weighted by atomic mass is 10.1. The largest absolute Gasteiger partial charge is 0.412 e. The quantitative estimate of drug-likeness (QED) is 0.427. The molecule has 9 nitrogen and oxygen atoms in total. The first-order valence-corrected chi connectivity index (χ1v) is 9.89. The van der Waals surface area contributed by atoms with Gasteiger partial charge in [-0.3, -0.25) is 9.78 Å². The highest BCUT2D eigenvalue weighted by molar-refractivity contribution is 6.01. The Kier molecular flexibility index (Phi) is 5.89. The van der Waals surface area contributed by atoms with Crippen molar-refractivity contribution < 1.29 is 14.3 Å². The molecule has 0 spiro atoms. The minimum Gasteiger partial charge on any atom is -0.410 e. The molecule has 2 amide bonds. The molecule has 0 unspecified atom stereocenters. The van der Waals surface area contributed by atoms with Gasteiger partial charge in [-0.1, -0.05) is 12.1 Å². The molecule has 9 heteroatoms. The van der Waals surface area contributed by atoms with Crippen molar-refractivity contribution in [3.63, 3.8) is 0 Å². The van der Waals surface area contributed by atoms with E-state index in [9.17, 15) is 9.59 Å². The number of nitrogens with one attached hydrogen (secondary N) is 2. The number of carbonyl (C=O) groups is 2. The average Bonchev–Trinajstić information content (AvgIpc) is 2.80. The van der Waals surface area contributed by atoms with Crippen LogP contribution in [0.15, 0.2) is 67.0 Å². The zero-order valence-electron chi connectivity index (χ0n) is 17.2. The van der Waals surface area contributed by atoms with Crippen molar-refractivity contribution in [2.45, 2.75) is 6.92 Å². The monoisotopic (exact) mass is 428 g/mol. The van der Waals surface area contributed by atoms with Crippen LogP contribution in [0.4, 0.5) is 16.3 Å². The van der Waals surface area contributed by atoms with Crippen LogP contribution < -0.4 is 21.1 Å². The minimum absolute atomic E-state index is 0.317. The summed E-state index contributed by atoms with van der Waals surface area (Å²) < 4.78 is 5.33. The fourth-order valence-corrected chi connectivity index (χ4v) is 3.11. The van der Waals surface area contributed by atoms with Crippen LogP contribution in [0, 0.1) is 0 Å². The highest BCUT2D eigenvalue weighted by Gasteiger charge is 2.15. The number of ether oxygens (including phenoxy) is 1. The summed E-state index contributed by atoms with van der Waals surface area (Å²) in [6.45, 7) is 2.24. The normalized spacial score (nSPS) is 10.5. The summed E-state index contributed by atoms with van der Waals surface area (Å²) in [6, 6.07) is 15.5. The van der Waals surface area contributed by atoms with Crippen molar-refractivity contribution in [3.8, 4) is 17.1 Å². The van der Waals surface area contributed by atoms with E-state index < -0.39 is 12.0 Å². The Bertz CT molecular complexity index is 1290. The lowest BCUT2D eigenvalue weighted by Gasteiger charge is -2.14. The molecule has 2 aromatic heterocycles. The fraction of sp³-hybridized carbons (Fsp3) is 0.0870. The summed E-state index contributed by atoms with van der Waals surface area (Å²) in [5.74, 6) is 0.623. The molecule has 0 atom stereocenters. The Morgan fingerprint density at radius 2 is 1.91 bits per heavy atom. The van der Waals surface area contributed by atoms with Gasteiger partial charge in [0.15, 0.2) is 5.82 Å². The molecule has 0 aliphatic heterocycles. The SMILES string of the molecule is CCNC(=O)Oc1ccc2nc(-c3cccnc3)nc(Nc3ccccc3C(N)=O)c2c1. The second-order valence-electron chi connectivity index (χ2n) is 6.77. The number of anilines is 2. The third-order valence-corrected chi connectivity index (χ3v) is 4.56. The number of pyridine rings is 1. The van der Waals surface area contributed by atoms with Crippen LogP contribution in [0.3, 0.4) is 0 Å². The van der Waals surface area contributed by atoms with E-state index >= 15 is 0 Å². The molecule has 32 heavy (non-hydrogen) atoms. The van der Waals surface area contributed by atoms with Gasteiger partial charge < -0.3 is 21.1 Å². The van der Waals surface area contributed by atoms with E-state index in [0.29, 0.717) is 46.1 Å². The zero-order valence-corrected chi connectivity index (χ0v) is 17.2. The molecule has 0 bridgehead atoms. The number of benzene rings is 2. The van der Waals surface area contributed by atoms with Crippen molar-refractivity contribution in [1.82, 2.24) is 20.3 Å². The van der Waals surface area contributed by atoms with Crippen LogP contribution in [-0.2, 0) is 0 Å². The van der Waals surface area contributed by atoms with E-state index in [1.807, 2.05) is 6.07 Å². The van der Waals surface area contributed by atoms with E-state index in [0.717, 1.165) is 5.56 Å². The van der Waals surface area contributed by atoms with Crippen molar-refractivity contribution in [2.24, 2.45) is 5.73 Å². The Balaban J connectivity index is 1.84. The van der Waals surface area contributed by atoms with Gasteiger partial charge in [0.05, 0.1) is 16.8 Å². The standard InChI is InChI=1S/C23H20N6O3/c1-2-26-23(31)32-15-9-10-19-17(12-15)22(28-18-8-4-3-7-16(18)20(24)30)29-21(27-19)14-6-5-11-25-13-14/h3-13H,2H2,1H3,(H2,24,30)(H,26,31)(H,27,28,29). The third kappa shape index (κ3) is 4.46. The molecule has 2 aromatic carbocycles. The number of fused-ring (bicyclic) bond motifs is 1. The Morgan fingerprint density at radius 3 is 2.66 bits per heavy atom. The van der Waals surface area contributed by atoms with Gasteiger partial charge in [-0.15, -0.1) is 0 Å². The first-order valence-electron chi connectivity index (χ1n) is 9.89. The van der Waals surface area contributed by atoms with Crippen molar-refractivity contribution >= 4 is 34.4 Å². The highest BCUT2D eigenvalue weighted by Crippen LogP contribution is 2.31. The van der Waals surface area contributed by atoms with Crippen molar-refractivity contribution in [2.75, 3.05) is 11.9 Å². The van der Waals surface area contributed by atoms with Gasteiger partial charge in [0.25, 0.3) is 5.91 Å². The van der Waals surface area contributed by atoms with Gasteiger partial charge in [-0.25, -0.2) is 14.8 Å². The lowest BCUT2D eigenvalue weighted by Crippen LogP contribution is -2.26. The van der Waals surface area contributed by atoms with Crippen LogP contribution in [0.5, 0.6) is 5.75 Å². The Hall–Kier alpha value is -4.53. The number of hydrogen-bond acceptors (Lipinski definition) is 7. The minimum atomic E-state index is -0.570. The molecule has 0 aliphatic carbocycles. The zero-order chi connectivity index (χ0) is 22.5. The fourth-order valence-electron chi connectivity index (χ4n) is 3.11. The maximum Gasteiger partial charge on any atom is 0.412 e. The van der Waals surface area contributed by atoms with E-state index in [1.165, 1.54) is 0 Å². The molecule has 0 saturated carbocycles. The smallest absolute Gasteiger partial charge is 0.410 e. The number of hydrogen-bond donors (Lipinski definition) is 3. The highest BCUT2D eigenvalue weighted by atomic mass is 16.6. The number of nitrogens with two attached hydrogens (primary N) is 1. The number of carbonyl (C=O) groups excluding carboxylic acids is 2. The summed E-state index contributed by atoms with van der Waals surface area (Å²) in [5, 5.41) is 6.36. The topological polar surface area (TPSA) is 132 Å². The van der Waals surface area contributed by atoms with Crippen molar-refractivity contribution in [3.05, 3.63) is 72.6 Å². The summed E-state index contributed by atoms with van der Waals surface area (Å²) in [5.41, 5.74) is 7.67. The van der Waals surface area contributed by atoms with Gasteiger partial charge in [0.2, 0.25) is 0 Å². The lowest BCUT2D eigenvalue weighted by molar-refractivity contribution is 0.100. The first-order chi connectivity index (χ1) is 15.5. The average molecular weight is 428 g/mol. The molecule has 0 saturated heterocycles. The van der Waals surface area contributed by atoms with Crippen LogP contribution in [0.1, 0.15) is 17.3 Å². The van der Waals surface area contributed by atoms with E-state index in [4.69, 9.17) is 10.5 Å². The molecule has 0 aliphatic rings. The second kappa shape index (κ2) is 9.09. The number of aromatic nitrogens is 3. The van der Waals surface area contributed by atoms with Crippen LogP contribution in [0.2, 0.25) is 0 Å². The first kappa shape index (κ1) is 20.7. The van der Waals surface area contributed by atoms with Gasteiger partial charge >= 0.3 is 6.09 Å². The van der Waals surface area contributed by atoms with Gasteiger partial charge in [0.1, 0.15) is 11.6 Å². The van der Waals surface area contributed by atoms with E-state index in [1.54, 1.807) is 67.8 Å². The summed E-state index contributed by atoms with van der Waals surface area (Å²) >= 11 is 0. The predicted octanol–water partition coefficient (Wildman–Crippen LogP) is 3.64. The Labute approximate surface area is 183 Å². The number of nitrogens with zero attached hydrogens (tertiary/aromatic N) is 3. The van der Waals surface area contributed by atoms with Gasteiger partial charge in [-0.2, -0.15) is 0 Å². The van der Waals surface area contributed by atoms with E-state index in [2.05, 4.69) is 25.6 Å². The molecular formula is C23H20N6O3. The Morgan fingerprint density at radius 1 is 1.06 bits per heavy atom. The van der Waals surface area contributed by atoms with Crippen LogP contribution in [-0.4, -0.2) is 33.5 Å². The van der Waals surface area contributed by atoms with Crippen LogP contribution >= 0.6 is 0 Å². The summed E-state index contributed by atoms with van der Waals surface area (Å²) in [4.78, 5) is 37.1. The molecule has 4 aromatic rings. The second-order valence-corrected chi connectivity index (χ2v) is 6.77. The molecule has 160 valence electrons. The maximum atomic E-state index is 11.9. The number of para-hydroxylation sites is 1. The molecule has 2 heterocycles. The number of primary amides is 1. The molecular weight excluding hydrogens is 408 g/mol. The molecule has 0 fully saturated rings. The molecule has 0 radical (unpaired) electrons. The summed E-state index contributed by atoms with van der Waals surface area (Å²) in [6.07, 6.45) is 2.76. The van der Waals surface area contributed by atoms with Crippen LogP contribution in [0.25, 0.3) is 22.3 Å². The molecule has 4 rings (SSSR count). The summed E-state index contributed by atoms with van der Waals surface area (Å²) in [7, 11) is 0. The van der Waals surface area contributed by atoms with Gasteiger partial charge in [0, 0.05) is 29.9 Å². The third-order valence-electron chi connectivity index (χ3n) is 4.56. The number of rotatable bonds is 6. The van der Waals surface area contributed by atoms with E-state index in [-0.39, 0.29) is 0 Å².